The first-order valence-corrected chi connectivity index (χ1v) is 9.61. The number of methoxy groups -OCH3 is 1. The van der Waals surface area contributed by atoms with Crippen LogP contribution in [0.4, 0.5) is 5.69 Å². The van der Waals surface area contributed by atoms with Gasteiger partial charge in [-0.3, -0.25) is 4.79 Å². The average molecular weight is 363 g/mol. The van der Waals surface area contributed by atoms with Crippen LogP contribution in [0.3, 0.4) is 0 Å². The van der Waals surface area contributed by atoms with E-state index in [1.165, 1.54) is 0 Å². The van der Waals surface area contributed by atoms with E-state index in [2.05, 4.69) is 29.7 Å². The van der Waals surface area contributed by atoms with Crippen LogP contribution in [-0.2, 0) is 11.3 Å². The number of carbonyl (C=O) groups is 1. The predicted molar refractivity (Wildman–Crippen MR) is 107 cm³/mol. The van der Waals surface area contributed by atoms with Gasteiger partial charge in [-0.1, -0.05) is 25.5 Å². The van der Waals surface area contributed by atoms with Gasteiger partial charge < -0.3 is 14.2 Å². The second-order valence-electron chi connectivity index (χ2n) is 7.07. The van der Waals surface area contributed by atoms with E-state index in [9.17, 15) is 4.79 Å². The van der Waals surface area contributed by atoms with Gasteiger partial charge in [-0.05, 0) is 42.8 Å². The van der Waals surface area contributed by atoms with Crippen LogP contribution in [0.1, 0.15) is 37.9 Å². The molecule has 5 heteroatoms. The Hall–Kier alpha value is -2.82. The van der Waals surface area contributed by atoms with Crippen LogP contribution in [-0.4, -0.2) is 29.1 Å². The number of amides is 1. The number of imidazole rings is 1. The Labute approximate surface area is 159 Å². The summed E-state index contributed by atoms with van der Waals surface area (Å²) in [6.07, 6.45) is 2.74. The lowest BCUT2D eigenvalue weighted by Gasteiger charge is -2.17. The van der Waals surface area contributed by atoms with E-state index in [0.717, 1.165) is 47.7 Å². The molecule has 3 aromatic rings. The number of unbranched alkanes of at least 4 members (excludes halogenated alkanes) is 1. The topological polar surface area (TPSA) is 47.4 Å². The third kappa shape index (κ3) is 3.29. The standard InChI is InChI=1S/C22H25N3O2/c1-3-4-13-24-20-8-6-5-7-19(20)23-22(24)16-14-21(26)25(15-16)17-9-11-18(27-2)12-10-17/h5-12,16H,3-4,13-15H2,1-2H3. The van der Waals surface area contributed by atoms with Crippen LogP contribution < -0.4 is 9.64 Å². The molecule has 1 amide bonds. The summed E-state index contributed by atoms with van der Waals surface area (Å²) in [5, 5.41) is 0. The number of fused-ring (bicyclic) bond motifs is 1. The van der Waals surface area contributed by atoms with Gasteiger partial charge in [0.25, 0.3) is 0 Å². The monoisotopic (exact) mass is 363 g/mol. The Morgan fingerprint density at radius 2 is 1.93 bits per heavy atom. The van der Waals surface area contributed by atoms with Crippen molar-refractivity contribution in [2.45, 2.75) is 38.6 Å². The molecule has 0 spiro atoms. The summed E-state index contributed by atoms with van der Waals surface area (Å²) in [6.45, 7) is 3.81. The Morgan fingerprint density at radius 1 is 1.15 bits per heavy atom. The number of para-hydroxylation sites is 2. The molecule has 27 heavy (non-hydrogen) atoms. The summed E-state index contributed by atoms with van der Waals surface area (Å²) in [7, 11) is 1.65. The fourth-order valence-corrected chi connectivity index (χ4v) is 3.85. The van der Waals surface area contributed by atoms with Crippen molar-refractivity contribution in [2.24, 2.45) is 0 Å². The summed E-state index contributed by atoms with van der Waals surface area (Å²) >= 11 is 0. The van der Waals surface area contributed by atoms with Crippen LogP contribution in [0.5, 0.6) is 5.75 Å². The van der Waals surface area contributed by atoms with Crippen LogP contribution in [0, 0.1) is 0 Å². The molecule has 1 aliphatic heterocycles. The lowest BCUT2D eigenvalue weighted by molar-refractivity contribution is -0.117. The zero-order valence-corrected chi connectivity index (χ0v) is 15.9. The fourth-order valence-electron chi connectivity index (χ4n) is 3.85. The van der Waals surface area contributed by atoms with Gasteiger partial charge in [-0.25, -0.2) is 4.98 Å². The number of nitrogens with zero attached hydrogens (tertiary/aromatic N) is 3. The molecule has 4 rings (SSSR count). The molecule has 1 fully saturated rings. The highest BCUT2D eigenvalue weighted by Crippen LogP contribution is 2.34. The molecule has 1 aliphatic rings. The third-order valence-corrected chi connectivity index (χ3v) is 5.29. The van der Waals surface area contributed by atoms with Crippen molar-refractivity contribution in [3.8, 4) is 5.75 Å². The van der Waals surface area contributed by atoms with Gasteiger partial charge in [0.1, 0.15) is 11.6 Å². The molecule has 2 heterocycles. The first-order valence-electron chi connectivity index (χ1n) is 9.61. The number of aryl methyl sites for hydroxylation is 1. The Bertz CT molecular complexity index is 946. The lowest BCUT2D eigenvalue weighted by atomic mass is 10.1. The summed E-state index contributed by atoms with van der Waals surface area (Å²) in [5.74, 6) is 2.10. The van der Waals surface area contributed by atoms with Gasteiger partial charge in [0.2, 0.25) is 5.91 Å². The normalized spacial score (nSPS) is 17.0. The molecule has 0 N–H and O–H groups in total. The molecule has 1 aromatic heterocycles. The van der Waals surface area contributed by atoms with Crippen molar-refractivity contribution in [1.82, 2.24) is 9.55 Å². The van der Waals surface area contributed by atoms with E-state index < -0.39 is 0 Å². The predicted octanol–water partition coefficient (Wildman–Crippen LogP) is 4.37. The van der Waals surface area contributed by atoms with Crippen molar-refractivity contribution in [3.63, 3.8) is 0 Å². The molecule has 0 radical (unpaired) electrons. The third-order valence-electron chi connectivity index (χ3n) is 5.29. The van der Waals surface area contributed by atoms with Crippen molar-refractivity contribution < 1.29 is 9.53 Å². The second kappa shape index (κ2) is 7.43. The molecular formula is C22H25N3O2. The molecule has 1 atom stereocenters. The number of rotatable bonds is 6. The van der Waals surface area contributed by atoms with Crippen LogP contribution in [0.2, 0.25) is 0 Å². The minimum atomic E-state index is 0.115. The van der Waals surface area contributed by atoms with Gasteiger partial charge in [0, 0.05) is 31.1 Å². The number of anilines is 1. The van der Waals surface area contributed by atoms with Gasteiger partial charge in [0.15, 0.2) is 0 Å². The highest BCUT2D eigenvalue weighted by molar-refractivity contribution is 5.96. The zero-order chi connectivity index (χ0) is 18.8. The van der Waals surface area contributed by atoms with Gasteiger partial charge in [-0.15, -0.1) is 0 Å². The second-order valence-corrected chi connectivity index (χ2v) is 7.07. The van der Waals surface area contributed by atoms with Crippen molar-refractivity contribution in [1.29, 1.82) is 0 Å². The molecule has 5 nitrogen and oxygen atoms in total. The Morgan fingerprint density at radius 3 is 2.67 bits per heavy atom. The molecule has 0 bridgehead atoms. The number of carbonyl (C=O) groups excluding carboxylic acids is 1. The first kappa shape index (κ1) is 17.6. The summed E-state index contributed by atoms with van der Waals surface area (Å²) in [6, 6.07) is 15.9. The molecule has 0 saturated carbocycles. The molecule has 0 aliphatic carbocycles. The average Bonchev–Trinajstić information content (AvgIpc) is 3.27. The zero-order valence-electron chi connectivity index (χ0n) is 15.9. The first-order chi connectivity index (χ1) is 13.2. The Balaban J connectivity index is 1.65. The van der Waals surface area contributed by atoms with Crippen molar-refractivity contribution in [2.75, 3.05) is 18.6 Å². The minimum absolute atomic E-state index is 0.115. The van der Waals surface area contributed by atoms with Gasteiger partial charge in [0.05, 0.1) is 18.1 Å². The van der Waals surface area contributed by atoms with E-state index in [4.69, 9.17) is 9.72 Å². The molecular weight excluding hydrogens is 338 g/mol. The smallest absolute Gasteiger partial charge is 0.227 e. The van der Waals surface area contributed by atoms with Crippen molar-refractivity contribution in [3.05, 3.63) is 54.4 Å². The van der Waals surface area contributed by atoms with E-state index in [1.807, 2.05) is 35.2 Å². The number of benzene rings is 2. The Kier molecular flexibility index (Phi) is 4.84. The van der Waals surface area contributed by atoms with Crippen LogP contribution in [0.15, 0.2) is 48.5 Å². The minimum Gasteiger partial charge on any atom is -0.497 e. The van der Waals surface area contributed by atoms with E-state index in [1.54, 1.807) is 7.11 Å². The molecule has 2 aromatic carbocycles. The quantitative estimate of drug-likeness (QED) is 0.653. The van der Waals surface area contributed by atoms with E-state index in [-0.39, 0.29) is 11.8 Å². The van der Waals surface area contributed by atoms with E-state index in [0.29, 0.717) is 13.0 Å². The van der Waals surface area contributed by atoms with Crippen molar-refractivity contribution >= 4 is 22.6 Å². The molecule has 140 valence electrons. The summed E-state index contributed by atoms with van der Waals surface area (Å²) in [4.78, 5) is 19.5. The van der Waals surface area contributed by atoms with E-state index >= 15 is 0 Å². The number of ether oxygens (including phenoxy) is 1. The highest BCUT2D eigenvalue weighted by atomic mass is 16.5. The van der Waals surface area contributed by atoms with Gasteiger partial charge >= 0.3 is 0 Å². The lowest BCUT2D eigenvalue weighted by Crippen LogP contribution is -2.24. The molecule has 1 unspecified atom stereocenters. The maximum absolute atomic E-state index is 12.7. The largest absolute Gasteiger partial charge is 0.497 e. The number of aromatic nitrogens is 2. The maximum Gasteiger partial charge on any atom is 0.227 e. The van der Waals surface area contributed by atoms with Crippen LogP contribution in [0.25, 0.3) is 11.0 Å². The number of hydrogen-bond donors (Lipinski definition) is 0. The SMILES string of the molecule is CCCCn1c(C2CC(=O)N(c3ccc(OC)cc3)C2)nc2ccccc21. The summed E-state index contributed by atoms with van der Waals surface area (Å²) in [5.41, 5.74) is 3.09. The fraction of sp³-hybridized carbons (Fsp3) is 0.364. The maximum atomic E-state index is 12.7. The van der Waals surface area contributed by atoms with Gasteiger partial charge in [-0.2, -0.15) is 0 Å². The van der Waals surface area contributed by atoms with Crippen LogP contribution >= 0.6 is 0 Å². The molecule has 1 saturated heterocycles. The highest BCUT2D eigenvalue weighted by Gasteiger charge is 2.34. The number of hydrogen-bond acceptors (Lipinski definition) is 3. The summed E-state index contributed by atoms with van der Waals surface area (Å²) < 4.78 is 7.53.